The molecule has 1 aromatic heterocycles. The van der Waals surface area contributed by atoms with Crippen molar-refractivity contribution in [3.8, 4) is 0 Å². The molecule has 0 bridgehead atoms. The van der Waals surface area contributed by atoms with Crippen LogP contribution in [0.4, 0.5) is 5.69 Å². The lowest BCUT2D eigenvalue weighted by molar-refractivity contribution is 0.387. The average Bonchev–Trinajstić information content (AvgIpc) is 2.71. The number of nitrogens with one attached hydrogen (secondary N) is 2. The Bertz CT molecular complexity index is 1180. The number of benzene rings is 2. The van der Waals surface area contributed by atoms with E-state index in [0.717, 1.165) is 47.8 Å². The van der Waals surface area contributed by atoms with Gasteiger partial charge >= 0.3 is 0 Å². The van der Waals surface area contributed by atoms with E-state index in [1.807, 2.05) is 31.2 Å². The molecule has 2 aromatic carbocycles. The summed E-state index contributed by atoms with van der Waals surface area (Å²) < 4.78 is 28.3. The van der Waals surface area contributed by atoms with Crippen LogP contribution < -0.4 is 10.0 Å². The van der Waals surface area contributed by atoms with Crippen molar-refractivity contribution in [1.82, 2.24) is 9.71 Å². The second-order valence-corrected chi connectivity index (χ2v) is 10.3. The third kappa shape index (κ3) is 4.72. The third-order valence-electron chi connectivity index (χ3n) is 5.57. The first-order valence-electron chi connectivity index (χ1n) is 9.91. The summed E-state index contributed by atoms with van der Waals surface area (Å²) in [6.07, 6.45) is 5.06. The molecule has 30 heavy (non-hydrogen) atoms. The molecule has 0 aliphatic heterocycles. The molecule has 1 saturated carbocycles. The smallest absolute Gasteiger partial charge is 0.240 e. The van der Waals surface area contributed by atoms with Crippen LogP contribution in [0.15, 0.2) is 53.6 Å². The predicted octanol–water partition coefficient (Wildman–Crippen LogP) is 5.55. The highest BCUT2D eigenvalue weighted by Gasteiger charge is 2.26. The molecule has 2 N–H and O–H groups in total. The third-order valence-corrected chi connectivity index (χ3v) is 7.73. The molecule has 0 saturated heterocycles. The summed E-state index contributed by atoms with van der Waals surface area (Å²) in [6.45, 7) is 1.85. The lowest BCUT2D eigenvalue weighted by Crippen LogP contribution is -2.40. The van der Waals surface area contributed by atoms with Crippen LogP contribution in [0.1, 0.15) is 31.2 Å². The molecular formula is C22H23Cl2N3O2S. The largest absolute Gasteiger partial charge is 0.382 e. The van der Waals surface area contributed by atoms with Gasteiger partial charge in [-0.1, -0.05) is 29.3 Å². The zero-order chi connectivity index (χ0) is 21.3. The Kier molecular flexibility index (Phi) is 6.21. The summed E-state index contributed by atoms with van der Waals surface area (Å²) in [5.74, 6) is 0. The normalized spacial score (nSPS) is 19.7. The lowest BCUT2D eigenvalue weighted by atomic mass is 9.91. The van der Waals surface area contributed by atoms with Crippen molar-refractivity contribution < 1.29 is 8.42 Å². The van der Waals surface area contributed by atoms with Crippen LogP contribution in [0.2, 0.25) is 10.0 Å². The quantitative estimate of drug-likeness (QED) is 0.519. The van der Waals surface area contributed by atoms with Gasteiger partial charge in [-0.25, -0.2) is 13.1 Å². The van der Waals surface area contributed by atoms with Crippen LogP contribution >= 0.6 is 23.2 Å². The van der Waals surface area contributed by atoms with Crippen molar-refractivity contribution in [2.45, 2.75) is 49.6 Å². The van der Waals surface area contributed by atoms with E-state index in [2.05, 4.69) is 15.0 Å². The number of pyridine rings is 1. The Labute approximate surface area is 186 Å². The van der Waals surface area contributed by atoms with Crippen molar-refractivity contribution in [3.05, 3.63) is 64.3 Å². The molecule has 3 aromatic rings. The molecule has 1 heterocycles. The zero-order valence-corrected chi connectivity index (χ0v) is 18.9. The van der Waals surface area contributed by atoms with Gasteiger partial charge in [0.2, 0.25) is 10.0 Å². The van der Waals surface area contributed by atoms with Gasteiger partial charge in [-0.2, -0.15) is 0 Å². The van der Waals surface area contributed by atoms with Gasteiger partial charge in [-0.15, -0.1) is 0 Å². The van der Waals surface area contributed by atoms with Crippen LogP contribution in [-0.2, 0) is 10.0 Å². The number of fused-ring (bicyclic) bond motifs is 1. The molecular weight excluding hydrogens is 441 g/mol. The van der Waals surface area contributed by atoms with Gasteiger partial charge < -0.3 is 5.32 Å². The monoisotopic (exact) mass is 463 g/mol. The maximum Gasteiger partial charge on any atom is 0.240 e. The van der Waals surface area contributed by atoms with E-state index >= 15 is 0 Å². The molecule has 1 aliphatic rings. The van der Waals surface area contributed by atoms with E-state index in [-0.39, 0.29) is 17.0 Å². The number of halogens is 2. The van der Waals surface area contributed by atoms with Gasteiger partial charge in [-0.3, -0.25) is 4.98 Å². The van der Waals surface area contributed by atoms with E-state index < -0.39 is 10.0 Å². The summed E-state index contributed by atoms with van der Waals surface area (Å²) >= 11 is 12.2. The number of sulfonamides is 1. The highest BCUT2D eigenvalue weighted by Crippen LogP contribution is 2.29. The summed E-state index contributed by atoms with van der Waals surface area (Å²) in [4.78, 5) is 4.59. The minimum atomic E-state index is -3.58. The SMILES string of the molecule is Cc1ccc(S(=O)(=O)NC2CCC(Nc3ccnc4cc(Cl)ccc34)CC2)cc1Cl. The number of nitrogens with zero attached hydrogens (tertiary/aromatic N) is 1. The zero-order valence-electron chi connectivity index (χ0n) is 16.5. The van der Waals surface area contributed by atoms with E-state index in [1.54, 1.807) is 18.3 Å². The van der Waals surface area contributed by atoms with Crippen LogP contribution in [0.5, 0.6) is 0 Å². The molecule has 0 atom stereocenters. The number of hydrogen-bond donors (Lipinski definition) is 2. The minimum Gasteiger partial charge on any atom is -0.382 e. The van der Waals surface area contributed by atoms with Gasteiger partial charge in [0, 0.05) is 39.4 Å². The Morgan fingerprint density at radius 2 is 1.70 bits per heavy atom. The summed E-state index contributed by atoms with van der Waals surface area (Å²) in [7, 11) is -3.58. The van der Waals surface area contributed by atoms with Crippen molar-refractivity contribution in [2.75, 3.05) is 5.32 Å². The molecule has 0 amide bonds. The molecule has 0 radical (unpaired) electrons. The van der Waals surface area contributed by atoms with Gasteiger partial charge in [0.15, 0.2) is 0 Å². The van der Waals surface area contributed by atoms with E-state index in [0.29, 0.717) is 10.0 Å². The molecule has 0 unspecified atom stereocenters. The Hall–Kier alpha value is -1.86. The van der Waals surface area contributed by atoms with Crippen molar-refractivity contribution in [1.29, 1.82) is 0 Å². The highest BCUT2D eigenvalue weighted by atomic mass is 35.5. The fourth-order valence-corrected chi connectivity index (χ4v) is 5.59. The number of aryl methyl sites for hydroxylation is 1. The Morgan fingerprint density at radius 1 is 0.967 bits per heavy atom. The summed E-state index contributed by atoms with van der Waals surface area (Å²) in [6, 6.07) is 12.7. The highest BCUT2D eigenvalue weighted by molar-refractivity contribution is 7.89. The Balaban J connectivity index is 1.39. The second kappa shape index (κ2) is 8.71. The first-order chi connectivity index (χ1) is 14.3. The standard InChI is InChI=1S/C22H23Cl2N3O2S/c1-14-2-8-18(13-20(14)24)30(28,29)27-17-6-4-16(5-7-17)26-21-10-11-25-22-12-15(23)3-9-19(21)22/h2-3,8-13,16-17,27H,4-7H2,1H3,(H,25,26). The first kappa shape index (κ1) is 21.4. The Morgan fingerprint density at radius 3 is 2.43 bits per heavy atom. The second-order valence-electron chi connectivity index (χ2n) is 7.75. The summed E-state index contributed by atoms with van der Waals surface area (Å²) in [5, 5.41) is 5.74. The molecule has 1 aliphatic carbocycles. The molecule has 0 spiro atoms. The van der Waals surface area contributed by atoms with Crippen LogP contribution in [-0.4, -0.2) is 25.5 Å². The van der Waals surface area contributed by atoms with E-state index in [4.69, 9.17) is 23.2 Å². The molecule has 1 fully saturated rings. The predicted molar refractivity (Wildman–Crippen MR) is 123 cm³/mol. The van der Waals surface area contributed by atoms with Gasteiger partial charge in [0.05, 0.1) is 10.4 Å². The fraction of sp³-hybridized carbons (Fsp3) is 0.318. The molecule has 8 heteroatoms. The van der Waals surface area contributed by atoms with E-state index in [9.17, 15) is 8.42 Å². The minimum absolute atomic E-state index is 0.0823. The maximum atomic E-state index is 12.7. The van der Waals surface area contributed by atoms with Crippen molar-refractivity contribution in [3.63, 3.8) is 0 Å². The molecule has 5 nitrogen and oxygen atoms in total. The van der Waals surface area contributed by atoms with Gasteiger partial charge in [-0.05, 0) is 74.6 Å². The van der Waals surface area contributed by atoms with Crippen LogP contribution in [0, 0.1) is 6.92 Å². The number of anilines is 1. The lowest BCUT2D eigenvalue weighted by Gasteiger charge is -2.30. The molecule has 4 rings (SSSR count). The topological polar surface area (TPSA) is 71.1 Å². The number of rotatable bonds is 5. The van der Waals surface area contributed by atoms with Crippen LogP contribution in [0.25, 0.3) is 10.9 Å². The first-order valence-corrected chi connectivity index (χ1v) is 12.1. The number of aromatic nitrogens is 1. The van der Waals surface area contributed by atoms with Crippen LogP contribution in [0.3, 0.4) is 0 Å². The number of hydrogen-bond acceptors (Lipinski definition) is 4. The fourth-order valence-electron chi connectivity index (χ4n) is 3.85. The van der Waals surface area contributed by atoms with Gasteiger partial charge in [0.1, 0.15) is 0 Å². The average molecular weight is 464 g/mol. The summed E-state index contributed by atoms with van der Waals surface area (Å²) in [5.41, 5.74) is 2.73. The van der Waals surface area contributed by atoms with Crippen molar-refractivity contribution in [2.24, 2.45) is 0 Å². The van der Waals surface area contributed by atoms with Crippen molar-refractivity contribution >= 4 is 49.8 Å². The molecule has 158 valence electrons. The van der Waals surface area contributed by atoms with Gasteiger partial charge in [0.25, 0.3) is 0 Å². The van der Waals surface area contributed by atoms with E-state index in [1.165, 1.54) is 6.07 Å². The maximum absolute atomic E-state index is 12.7.